The number of hydrogen-bond donors (Lipinski definition) is 1. The van der Waals surface area contributed by atoms with Crippen molar-refractivity contribution in [2.24, 2.45) is 0 Å². The van der Waals surface area contributed by atoms with Crippen molar-refractivity contribution in [2.75, 3.05) is 20.1 Å². The molecule has 0 fully saturated rings. The molecule has 3 amide bonds. The zero-order valence-corrected chi connectivity index (χ0v) is 23.0. The first kappa shape index (κ1) is 27.8. The van der Waals surface area contributed by atoms with Crippen LogP contribution in [-0.2, 0) is 9.53 Å². The van der Waals surface area contributed by atoms with Gasteiger partial charge < -0.3 is 19.9 Å². The van der Waals surface area contributed by atoms with Gasteiger partial charge in [0.15, 0.2) is 0 Å². The van der Waals surface area contributed by atoms with Gasteiger partial charge in [-0.15, -0.1) is 11.3 Å². The normalized spacial score (nSPS) is 15.5. The molecule has 0 spiro atoms. The minimum Gasteiger partial charge on any atom is -0.459 e. The summed E-state index contributed by atoms with van der Waals surface area (Å²) in [5, 5.41) is 15.2. The second-order valence-electron chi connectivity index (χ2n) is 9.60. The second kappa shape index (κ2) is 11.6. The van der Waals surface area contributed by atoms with Crippen LogP contribution in [-0.4, -0.2) is 58.9 Å². The van der Waals surface area contributed by atoms with Gasteiger partial charge in [0.25, 0.3) is 11.6 Å². The van der Waals surface area contributed by atoms with Gasteiger partial charge in [-0.05, 0) is 50.3 Å². The van der Waals surface area contributed by atoms with E-state index < -0.39 is 29.1 Å². The summed E-state index contributed by atoms with van der Waals surface area (Å²) in [5.74, 6) is -0.729. The van der Waals surface area contributed by atoms with E-state index >= 15 is 0 Å². The molecule has 2 heterocycles. The van der Waals surface area contributed by atoms with Crippen molar-refractivity contribution in [2.45, 2.75) is 39.3 Å². The second-order valence-corrected chi connectivity index (χ2v) is 10.7. The number of esters is 1. The zero-order chi connectivity index (χ0) is 28.3. The molecule has 0 radical (unpaired) electrons. The number of thiophene rings is 1. The van der Waals surface area contributed by atoms with Gasteiger partial charge in [0.2, 0.25) is 0 Å². The lowest BCUT2D eigenvalue weighted by Gasteiger charge is -2.38. The monoisotopic (exact) mass is 550 g/mol. The number of nitrogens with zero attached hydrogens (tertiary/aromatic N) is 3. The lowest BCUT2D eigenvalue weighted by molar-refractivity contribution is -0.384. The van der Waals surface area contributed by atoms with E-state index in [1.165, 1.54) is 34.4 Å². The molecule has 4 rings (SSSR count). The van der Waals surface area contributed by atoms with E-state index in [0.717, 1.165) is 10.1 Å². The first-order chi connectivity index (χ1) is 18.6. The Bertz CT molecular complexity index is 1430. The number of benzene rings is 2. The van der Waals surface area contributed by atoms with E-state index in [-0.39, 0.29) is 23.7 Å². The molecule has 39 heavy (non-hydrogen) atoms. The molecule has 0 aliphatic carbocycles. The Labute approximate surface area is 230 Å². The summed E-state index contributed by atoms with van der Waals surface area (Å²) in [6.45, 7) is 5.59. The molecular formula is C28H30N4O6S. The van der Waals surface area contributed by atoms with E-state index in [2.05, 4.69) is 5.32 Å². The number of fused-ring (bicyclic) bond motifs is 1. The average Bonchev–Trinajstić information content (AvgIpc) is 3.33. The molecule has 0 saturated carbocycles. The maximum atomic E-state index is 13.1. The molecule has 1 unspecified atom stereocenters. The number of nitro groups is 1. The molecule has 10 nitrogen and oxygen atoms in total. The number of rotatable bonds is 9. The van der Waals surface area contributed by atoms with Crippen LogP contribution in [0.3, 0.4) is 0 Å². The highest BCUT2D eigenvalue weighted by molar-refractivity contribution is 7.20. The molecule has 2 aromatic carbocycles. The predicted octanol–water partition coefficient (Wildman–Crippen LogP) is 5.26. The first-order valence-corrected chi connectivity index (χ1v) is 13.4. The molecule has 1 aliphatic rings. The third-order valence-electron chi connectivity index (χ3n) is 6.38. The quantitative estimate of drug-likeness (QED) is 0.220. The lowest BCUT2D eigenvalue weighted by Crippen LogP contribution is -2.49. The van der Waals surface area contributed by atoms with Gasteiger partial charge in [0, 0.05) is 42.7 Å². The Morgan fingerprint density at radius 2 is 1.92 bits per heavy atom. The summed E-state index contributed by atoms with van der Waals surface area (Å²) in [6, 6.07) is 14.2. The summed E-state index contributed by atoms with van der Waals surface area (Å²) < 4.78 is 6.49. The Morgan fingerprint density at radius 3 is 2.62 bits per heavy atom. The maximum absolute atomic E-state index is 13.1. The van der Waals surface area contributed by atoms with Crippen LogP contribution >= 0.6 is 11.3 Å². The summed E-state index contributed by atoms with van der Waals surface area (Å²) in [5.41, 5.74) is 0.805. The molecular weight excluding hydrogens is 520 g/mol. The fourth-order valence-electron chi connectivity index (χ4n) is 4.56. The van der Waals surface area contributed by atoms with Crippen LogP contribution in [0.25, 0.3) is 10.1 Å². The minimum absolute atomic E-state index is 0.119. The fourth-order valence-corrected chi connectivity index (χ4v) is 5.62. The molecule has 3 aromatic rings. The number of hydrogen-bond acceptors (Lipinski definition) is 7. The van der Waals surface area contributed by atoms with Crippen LogP contribution in [0.2, 0.25) is 0 Å². The Morgan fingerprint density at radius 1 is 1.18 bits per heavy atom. The van der Waals surface area contributed by atoms with E-state index in [1.807, 2.05) is 30.3 Å². The van der Waals surface area contributed by atoms with Crippen molar-refractivity contribution in [3.8, 4) is 0 Å². The number of amides is 3. The third-order valence-corrected chi connectivity index (χ3v) is 7.48. The van der Waals surface area contributed by atoms with Crippen molar-refractivity contribution in [1.82, 2.24) is 15.1 Å². The third kappa shape index (κ3) is 6.09. The Kier molecular flexibility index (Phi) is 8.29. The van der Waals surface area contributed by atoms with Crippen LogP contribution < -0.4 is 5.32 Å². The fraction of sp³-hybridized carbons (Fsp3) is 0.321. The van der Waals surface area contributed by atoms with Gasteiger partial charge in [0.1, 0.15) is 0 Å². The van der Waals surface area contributed by atoms with Crippen LogP contribution in [0.1, 0.15) is 48.5 Å². The molecule has 1 aliphatic heterocycles. The van der Waals surface area contributed by atoms with Crippen molar-refractivity contribution < 1.29 is 24.0 Å². The molecule has 1 N–H and O–H groups in total. The SMILES string of the molecule is CC1=C(C(=O)OC(C)C)C(c2cccc([N+](=O)[O-])c2)N(CCCN(C)C(=O)c2cc3ccccc3s2)C(=O)N1. The van der Waals surface area contributed by atoms with Gasteiger partial charge in [-0.2, -0.15) is 0 Å². The predicted molar refractivity (Wildman–Crippen MR) is 148 cm³/mol. The highest BCUT2D eigenvalue weighted by atomic mass is 32.1. The van der Waals surface area contributed by atoms with Crippen LogP contribution in [0, 0.1) is 10.1 Å². The van der Waals surface area contributed by atoms with Crippen LogP contribution in [0.15, 0.2) is 65.9 Å². The average molecular weight is 551 g/mol. The van der Waals surface area contributed by atoms with E-state index in [0.29, 0.717) is 29.1 Å². The highest BCUT2D eigenvalue weighted by Crippen LogP contribution is 2.36. The Balaban J connectivity index is 1.57. The maximum Gasteiger partial charge on any atom is 0.338 e. The molecule has 0 saturated heterocycles. The van der Waals surface area contributed by atoms with E-state index in [1.54, 1.807) is 38.8 Å². The number of allylic oxidation sites excluding steroid dienone is 1. The van der Waals surface area contributed by atoms with Gasteiger partial charge in [-0.3, -0.25) is 14.9 Å². The summed E-state index contributed by atoms with van der Waals surface area (Å²) >= 11 is 1.43. The highest BCUT2D eigenvalue weighted by Gasteiger charge is 2.39. The number of urea groups is 1. The summed E-state index contributed by atoms with van der Waals surface area (Å²) in [4.78, 5) is 54.0. The summed E-state index contributed by atoms with van der Waals surface area (Å²) in [7, 11) is 1.70. The summed E-state index contributed by atoms with van der Waals surface area (Å²) in [6.07, 6.45) is 0.0144. The largest absolute Gasteiger partial charge is 0.459 e. The molecule has 11 heteroatoms. The van der Waals surface area contributed by atoms with Crippen molar-refractivity contribution in [1.29, 1.82) is 0 Å². The number of nitro benzene ring substituents is 1. The van der Waals surface area contributed by atoms with Crippen molar-refractivity contribution in [3.05, 3.63) is 86.4 Å². The standard InChI is InChI=1S/C28H30N4O6S/c1-17(2)38-27(34)24-18(3)29-28(35)31(25(24)20-10-7-11-21(15-20)32(36)37)14-8-13-30(4)26(33)23-16-19-9-5-6-12-22(19)39-23/h5-7,9-12,15-17,25H,8,13-14H2,1-4H3,(H,29,35). The molecule has 204 valence electrons. The molecule has 1 atom stereocenters. The van der Waals surface area contributed by atoms with Crippen LogP contribution in [0.4, 0.5) is 10.5 Å². The minimum atomic E-state index is -0.895. The van der Waals surface area contributed by atoms with Crippen LogP contribution in [0.5, 0.6) is 0 Å². The van der Waals surface area contributed by atoms with Gasteiger partial charge in [-0.25, -0.2) is 9.59 Å². The van der Waals surface area contributed by atoms with Gasteiger partial charge >= 0.3 is 12.0 Å². The number of carbonyl (C=O) groups excluding carboxylic acids is 3. The number of ether oxygens (including phenoxy) is 1. The zero-order valence-electron chi connectivity index (χ0n) is 22.2. The lowest BCUT2D eigenvalue weighted by atomic mass is 9.93. The topological polar surface area (TPSA) is 122 Å². The smallest absolute Gasteiger partial charge is 0.338 e. The molecule has 0 bridgehead atoms. The van der Waals surface area contributed by atoms with Gasteiger partial charge in [-0.1, -0.05) is 30.3 Å². The first-order valence-electron chi connectivity index (χ1n) is 12.5. The molecule has 1 aromatic heterocycles. The van der Waals surface area contributed by atoms with E-state index in [9.17, 15) is 24.5 Å². The van der Waals surface area contributed by atoms with Gasteiger partial charge in [0.05, 0.1) is 27.5 Å². The van der Waals surface area contributed by atoms with Crippen molar-refractivity contribution in [3.63, 3.8) is 0 Å². The number of carbonyl (C=O) groups is 3. The Hall–Kier alpha value is -4.25. The number of nitrogens with one attached hydrogen (secondary N) is 1. The number of non-ortho nitro benzene ring substituents is 1. The van der Waals surface area contributed by atoms with E-state index in [4.69, 9.17) is 4.74 Å². The van der Waals surface area contributed by atoms with Crippen molar-refractivity contribution >= 4 is 45.0 Å².